The summed E-state index contributed by atoms with van der Waals surface area (Å²) in [5.41, 5.74) is 2.12. The fourth-order valence-electron chi connectivity index (χ4n) is 4.03. The van der Waals surface area contributed by atoms with Gasteiger partial charge < -0.3 is 4.90 Å². The van der Waals surface area contributed by atoms with Gasteiger partial charge in [0.15, 0.2) is 0 Å². The first-order chi connectivity index (χ1) is 16.1. The number of likely N-dealkylation sites (tertiary alicyclic amines) is 1. The fraction of sp³-hybridized carbons (Fsp3) is 0.208. The highest BCUT2D eigenvalue weighted by Gasteiger charge is 2.28. The molecule has 1 fully saturated rings. The Labute approximate surface area is 198 Å². The second kappa shape index (κ2) is 9.21. The first kappa shape index (κ1) is 21.4. The Hall–Kier alpha value is -3.43. The van der Waals surface area contributed by atoms with Crippen LogP contribution in [0.15, 0.2) is 66.2 Å². The average Bonchev–Trinajstić information content (AvgIpc) is 3.55. The van der Waals surface area contributed by atoms with Crippen molar-refractivity contribution < 1.29 is 9.72 Å². The molecule has 0 aliphatic carbocycles. The third kappa shape index (κ3) is 4.42. The number of thiophene rings is 1. The van der Waals surface area contributed by atoms with Crippen molar-refractivity contribution in [2.45, 2.75) is 18.8 Å². The van der Waals surface area contributed by atoms with Gasteiger partial charge in [-0.15, -0.1) is 22.7 Å². The highest BCUT2D eigenvalue weighted by Crippen LogP contribution is 2.36. The largest absolute Gasteiger partial charge is 0.338 e. The van der Waals surface area contributed by atoms with Gasteiger partial charge in [-0.1, -0.05) is 18.2 Å². The van der Waals surface area contributed by atoms with Gasteiger partial charge in [0.2, 0.25) is 0 Å². The number of para-hydroxylation sites is 1. The average molecular weight is 477 g/mol. The summed E-state index contributed by atoms with van der Waals surface area (Å²) in [6.45, 7) is 1.33. The van der Waals surface area contributed by atoms with E-state index >= 15 is 0 Å². The van der Waals surface area contributed by atoms with E-state index in [1.165, 1.54) is 28.7 Å². The van der Waals surface area contributed by atoms with Crippen LogP contribution in [0.25, 0.3) is 21.8 Å². The molecule has 0 radical (unpaired) electrons. The van der Waals surface area contributed by atoms with Crippen molar-refractivity contribution in [2.75, 3.05) is 13.1 Å². The lowest BCUT2D eigenvalue weighted by Crippen LogP contribution is -2.37. The quantitative estimate of drug-likeness (QED) is 0.266. The van der Waals surface area contributed by atoms with Crippen molar-refractivity contribution in [3.63, 3.8) is 0 Å². The number of hydrogen-bond donors (Lipinski definition) is 0. The molecule has 9 heteroatoms. The molecular formula is C24H20N4O3S2. The van der Waals surface area contributed by atoms with Crippen molar-refractivity contribution in [3.8, 4) is 21.8 Å². The molecule has 4 heterocycles. The Morgan fingerprint density at radius 1 is 1.03 bits per heavy atom. The molecule has 1 aliphatic rings. The first-order valence-corrected chi connectivity index (χ1v) is 12.3. The van der Waals surface area contributed by atoms with Gasteiger partial charge in [0, 0.05) is 36.7 Å². The van der Waals surface area contributed by atoms with E-state index in [1.54, 1.807) is 24.4 Å². The van der Waals surface area contributed by atoms with Crippen LogP contribution in [0.5, 0.6) is 0 Å². The Kier molecular flexibility index (Phi) is 5.97. The van der Waals surface area contributed by atoms with Crippen LogP contribution >= 0.6 is 22.7 Å². The van der Waals surface area contributed by atoms with Crippen molar-refractivity contribution in [1.82, 2.24) is 14.9 Å². The maximum Gasteiger partial charge on any atom is 0.278 e. The highest BCUT2D eigenvalue weighted by molar-refractivity contribution is 7.17. The maximum absolute atomic E-state index is 13.0. The number of nitrogens with zero attached hydrogens (tertiary/aromatic N) is 4. The summed E-state index contributed by atoms with van der Waals surface area (Å²) >= 11 is 3.01. The molecule has 0 saturated carbocycles. The van der Waals surface area contributed by atoms with Gasteiger partial charge in [-0.3, -0.25) is 19.9 Å². The summed E-state index contributed by atoms with van der Waals surface area (Å²) in [6, 6.07) is 16.3. The minimum Gasteiger partial charge on any atom is -0.338 e. The van der Waals surface area contributed by atoms with E-state index in [1.807, 2.05) is 40.6 Å². The molecule has 0 atom stereocenters. The number of carbonyl (C=O) groups is 1. The summed E-state index contributed by atoms with van der Waals surface area (Å²) in [7, 11) is 0. The van der Waals surface area contributed by atoms with Gasteiger partial charge in [0.1, 0.15) is 0 Å². The number of piperidine rings is 1. The van der Waals surface area contributed by atoms with Crippen LogP contribution in [0, 0.1) is 10.1 Å². The molecule has 0 N–H and O–H groups in total. The third-order valence-corrected chi connectivity index (χ3v) is 7.87. The zero-order chi connectivity index (χ0) is 22.8. The van der Waals surface area contributed by atoms with E-state index in [2.05, 4.69) is 4.98 Å². The standard InChI is InChI=1S/C24H20N4O3S2/c29-24(22-9-8-21(33-22)18-6-3-4-12-25-18)27-13-10-16(11-14-27)23-26-19(15-32-23)17-5-1-2-7-20(17)28(30)31/h1-9,12,15-16H,10-11,13-14H2. The van der Waals surface area contributed by atoms with Crippen LogP contribution in [0.2, 0.25) is 0 Å². The molecule has 1 saturated heterocycles. The van der Waals surface area contributed by atoms with Crippen molar-refractivity contribution in [1.29, 1.82) is 0 Å². The molecule has 7 nitrogen and oxygen atoms in total. The number of thiazole rings is 1. The molecule has 166 valence electrons. The van der Waals surface area contributed by atoms with E-state index in [9.17, 15) is 14.9 Å². The Morgan fingerprint density at radius 2 is 1.82 bits per heavy atom. The predicted molar refractivity (Wildman–Crippen MR) is 130 cm³/mol. The molecule has 0 spiro atoms. The lowest BCUT2D eigenvalue weighted by Gasteiger charge is -2.30. The smallest absolute Gasteiger partial charge is 0.278 e. The molecular weight excluding hydrogens is 456 g/mol. The van der Waals surface area contributed by atoms with Crippen LogP contribution < -0.4 is 0 Å². The number of carbonyl (C=O) groups excluding carboxylic acids is 1. The van der Waals surface area contributed by atoms with Crippen LogP contribution in [0.4, 0.5) is 5.69 Å². The van der Waals surface area contributed by atoms with Gasteiger partial charge in [-0.25, -0.2) is 4.98 Å². The molecule has 33 heavy (non-hydrogen) atoms. The number of hydrogen-bond acceptors (Lipinski definition) is 7. The SMILES string of the molecule is O=C(c1ccc(-c2ccccn2)s1)N1CCC(c2nc(-c3ccccc3[N+](=O)[O-])cs2)CC1. The van der Waals surface area contributed by atoms with Gasteiger partial charge in [-0.05, 0) is 43.2 Å². The number of nitro benzene ring substituents is 1. The summed E-state index contributed by atoms with van der Waals surface area (Å²) in [5.74, 6) is 0.309. The van der Waals surface area contributed by atoms with Crippen molar-refractivity contribution in [3.05, 3.63) is 86.2 Å². The number of rotatable bonds is 5. The van der Waals surface area contributed by atoms with Gasteiger partial charge in [0.05, 0.1) is 36.6 Å². The number of aromatic nitrogens is 2. The predicted octanol–water partition coefficient (Wildman–Crippen LogP) is 5.86. The van der Waals surface area contributed by atoms with E-state index in [-0.39, 0.29) is 22.4 Å². The van der Waals surface area contributed by atoms with E-state index < -0.39 is 0 Å². The molecule has 5 rings (SSSR count). The number of amides is 1. The third-order valence-electron chi connectivity index (χ3n) is 5.76. The van der Waals surface area contributed by atoms with Crippen LogP contribution in [-0.4, -0.2) is 38.8 Å². The van der Waals surface area contributed by atoms with E-state index in [4.69, 9.17) is 4.98 Å². The zero-order valence-corrected chi connectivity index (χ0v) is 19.2. The minimum absolute atomic E-state index is 0.0559. The first-order valence-electron chi connectivity index (χ1n) is 10.6. The molecule has 0 bridgehead atoms. The minimum atomic E-state index is -0.373. The second-order valence-electron chi connectivity index (χ2n) is 7.79. The maximum atomic E-state index is 13.0. The van der Waals surface area contributed by atoms with E-state index in [0.717, 1.165) is 33.3 Å². The van der Waals surface area contributed by atoms with Crippen molar-refractivity contribution >= 4 is 34.3 Å². The van der Waals surface area contributed by atoms with Gasteiger partial charge >= 0.3 is 0 Å². The summed E-state index contributed by atoms with van der Waals surface area (Å²) in [5, 5.41) is 14.2. The summed E-state index contributed by atoms with van der Waals surface area (Å²) in [4.78, 5) is 36.7. The normalized spacial score (nSPS) is 14.4. The number of pyridine rings is 1. The lowest BCUT2D eigenvalue weighted by molar-refractivity contribution is -0.384. The van der Waals surface area contributed by atoms with Crippen LogP contribution in [-0.2, 0) is 0 Å². The molecule has 1 aliphatic heterocycles. The monoisotopic (exact) mass is 476 g/mol. The Bertz CT molecular complexity index is 1290. The van der Waals surface area contributed by atoms with E-state index in [0.29, 0.717) is 24.3 Å². The highest BCUT2D eigenvalue weighted by atomic mass is 32.1. The topological polar surface area (TPSA) is 89.2 Å². The number of benzene rings is 1. The zero-order valence-electron chi connectivity index (χ0n) is 17.6. The number of nitro groups is 1. The molecule has 1 amide bonds. The molecule has 1 aromatic carbocycles. The van der Waals surface area contributed by atoms with Gasteiger partial charge in [-0.2, -0.15) is 0 Å². The van der Waals surface area contributed by atoms with Crippen LogP contribution in [0.1, 0.15) is 33.4 Å². The summed E-state index contributed by atoms with van der Waals surface area (Å²) in [6.07, 6.45) is 3.41. The lowest BCUT2D eigenvalue weighted by atomic mass is 9.97. The summed E-state index contributed by atoms with van der Waals surface area (Å²) < 4.78 is 0. The Morgan fingerprint density at radius 3 is 2.58 bits per heavy atom. The van der Waals surface area contributed by atoms with Crippen molar-refractivity contribution in [2.24, 2.45) is 0 Å². The van der Waals surface area contributed by atoms with Gasteiger partial charge in [0.25, 0.3) is 11.6 Å². The Balaban J connectivity index is 1.25. The second-order valence-corrected chi connectivity index (χ2v) is 9.76. The fourth-order valence-corrected chi connectivity index (χ4v) is 5.97. The molecule has 4 aromatic rings. The van der Waals surface area contributed by atoms with Crippen LogP contribution in [0.3, 0.4) is 0 Å². The molecule has 0 unspecified atom stereocenters. The molecule has 3 aromatic heterocycles.